The predicted molar refractivity (Wildman–Crippen MR) is 81.7 cm³/mol. The Morgan fingerprint density at radius 1 is 1.25 bits per heavy atom. The van der Waals surface area contributed by atoms with E-state index < -0.39 is 0 Å². The van der Waals surface area contributed by atoms with Gasteiger partial charge in [-0.05, 0) is 49.9 Å². The van der Waals surface area contributed by atoms with E-state index in [0.29, 0.717) is 5.69 Å². The largest absolute Gasteiger partial charge is 0.393 e. The zero-order valence-corrected chi connectivity index (χ0v) is 12.6. The SMILES string of the molecule is O=C(NC1CCC(O)CC1)c1cc2cc(Br)ccc2[nH]1. The predicted octanol–water partition coefficient (Wildman–Crippen LogP) is 2.96. The van der Waals surface area contributed by atoms with Gasteiger partial charge in [-0.3, -0.25) is 4.79 Å². The summed E-state index contributed by atoms with van der Waals surface area (Å²) in [6.07, 6.45) is 3.03. The number of aliphatic hydroxyl groups excluding tert-OH is 1. The van der Waals surface area contributed by atoms with Crippen molar-refractivity contribution in [2.45, 2.75) is 37.8 Å². The number of amides is 1. The first-order chi connectivity index (χ1) is 9.61. The van der Waals surface area contributed by atoms with Crippen molar-refractivity contribution in [1.82, 2.24) is 10.3 Å². The smallest absolute Gasteiger partial charge is 0.267 e. The van der Waals surface area contributed by atoms with Crippen LogP contribution in [0.1, 0.15) is 36.2 Å². The number of benzene rings is 1. The third kappa shape index (κ3) is 2.88. The zero-order valence-electron chi connectivity index (χ0n) is 11.0. The van der Waals surface area contributed by atoms with Gasteiger partial charge in [0.2, 0.25) is 0 Å². The van der Waals surface area contributed by atoms with Crippen LogP contribution in [0.15, 0.2) is 28.7 Å². The lowest BCUT2D eigenvalue weighted by atomic mass is 9.93. The monoisotopic (exact) mass is 336 g/mol. The number of carbonyl (C=O) groups excluding carboxylic acids is 1. The summed E-state index contributed by atoms with van der Waals surface area (Å²) in [5.41, 5.74) is 1.54. The molecular formula is C15H17BrN2O2. The maximum atomic E-state index is 12.2. The van der Waals surface area contributed by atoms with Crippen molar-refractivity contribution >= 4 is 32.7 Å². The van der Waals surface area contributed by atoms with Gasteiger partial charge in [0.15, 0.2) is 0 Å². The van der Waals surface area contributed by atoms with Crippen molar-refractivity contribution < 1.29 is 9.90 Å². The maximum absolute atomic E-state index is 12.2. The molecule has 1 saturated carbocycles. The van der Waals surface area contributed by atoms with E-state index in [0.717, 1.165) is 41.1 Å². The van der Waals surface area contributed by atoms with E-state index in [2.05, 4.69) is 26.2 Å². The molecule has 1 fully saturated rings. The molecule has 0 radical (unpaired) electrons. The van der Waals surface area contributed by atoms with Crippen LogP contribution in [0.2, 0.25) is 0 Å². The van der Waals surface area contributed by atoms with E-state index in [1.54, 1.807) is 0 Å². The number of aliphatic hydroxyl groups is 1. The number of fused-ring (bicyclic) bond motifs is 1. The summed E-state index contributed by atoms with van der Waals surface area (Å²) < 4.78 is 0.997. The molecule has 0 bridgehead atoms. The lowest BCUT2D eigenvalue weighted by molar-refractivity contribution is 0.0864. The third-order valence-electron chi connectivity index (χ3n) is 3.86. The Hall–Kier alpha value is -1.33. The van der Waals surface area contributed by atoms with Crippen molar-refractivity contribution in [3.05, 3.63) is 34.4 Å². The quantitative estimate of drug-likeness (QED) is 0.789. The first-order valence-electron chi connectivity index (χ1n) is 6.89. The molecule has 2 aromatic rings. The van der Waals surface area contributed by atoms with Crippen LogP contribution in [0.25, 0.3) is 10.9 Å². The number of halogens is 1. The van der Waals surface area contributed by atoms with Gasteiger partial charge in [0.25, 0.3) is 5.91 Å². The highest BCUT2D eigenvalue weighted by Crippen LogP contribution is 2.22. The molecule has 5 heteroatoms. The van der Waals surface area contributed by atoms with Gasteiger partial charge >= 0.3 is 0 Å². The molecule has 1 aliphatic carbocycles. The average Bonchev–Trinajstić information content (AvgIpc) is 2.84. The van der Waals surface area contributed by atoms with Gasteiger partial charge in [0.05, 0.1) is 6.10 Å². The van der Waals surface area contributed by atoms with E-state index in [-0.39, 0.29) is 18.1 Å². The van der Waals surface area contributed by atoms with Crippen LogP contribution in [0.4, 0.5) is 0 Å². The number of rotatable bonds is 2. The summed E-state index contributed by atoms with van der Waals surface area (Å²) in [6.45, 7) is 0. The maximum Gasteiger partial charge on any atom is 0.267 e. The zero-order chi connectivity index (χ0) is 14.1. The highest BCUT2D eigenvalue weighted by Gasteiger charge is 2.21. The van der Waals surface area contributed by atoms with Crippen LogP contribution in [-0.4, -0.2) is 28.1 Å². The number of hydrogen-bond acceptors (Lipinski definition) is 2. The Kier molecular flexibility index (Phi) is 3.81. The lowest BCUT2D eigenvalue weighted by Gasteiger charge is -2.25. The minimum atomic E-state index is -0.200. The van der Waals surface area contributed by atoms with Crippen LogP contribution in [0, 0.1) is 0 Å². The van der Waals surface area contributed by atoms with Crippen molar-refractivity contribution in [3.63, 3.8) is 0 Å². The number of nitrogens with one attached hydrogen (secondary N) is 2. The molecule has 0 aliphatic heterocycles. The summed E-state index contributed by atoms with van der Waals surface area (Å²) in [5.74, 6) is -0.0706. The normalized spacial score (nSPS) is 22.9. The van der Waals surface area contributed by atoms with E-state index in [9.17, 15) is 9.90 Å². The van der Waals surface area contributed by atoms with Gasteiger partial charge in [-0.15, -0.1) is 0 Å². The third-order valence-corrected chi connectivity index (χ3v) is 4.35. The van der Waals surface area contributed by atoms with Crippen LogP contribution < -0.4 is 5.32 Å². The molecule has 0 unspecified atom stereocenters. The minimum absolute atomic E-state index is 0.0706. The second kappa shape index (κ2) is 5.58. The highest BCUT2D eigenvalue weighted by atomic mass is 79.9. The Bertz CT molecular complexity index is 630. The first-order valence-corrected chi connectivity index (χ1v) is 7.68. The van der Waals surface area contributed by atoms with E-state index >= 15 is 0 Å². The molecule has 1 aromatic carbocycles. The Labute approximate surface area is 125 Å². The molecule has 1 heterocycles. The number of hydrogen-bond donors (Lipinski definition) is 3. The van der Waals surface area contributed by atoms with Crippen molar-refractivity contribution in [1.29, 1.82) is 0 Å². The van der Waals surface area contributed by atoms with Gasteiger partial charge < -0.3 is 15.4 Å². The highest BCUT2D eigenvalue weighted by molar-refractivity contribution is 9.10. The lowest BCUT2D eigenvalue weighted by Crippen LogP contribution is -2.38. The van der Waals surface area contributed by atoms with Gasteiger partial charge in [0.1, 0.15) is 5.69 Å². The van der Waals surface area contributed by atoms with Gasteiger partial charge in [-0.2, -0.15) is 0 Å². The summed E-state index contributed by atoms with van der Waals surface area (Å²) in [6, 6.07) is 7.92. The summed E-state index contributed by atoms with van der Waals surface area (Å²) >= 11 is 3.43. The summed E-state index contributed by atoms with van der Waals surface area (Å²) in [7, 11) is 0. The van der Waals surface area contributed by atoms with Crippen LogP contribution in [-0.2, 0) is 0 Å². The van der Waals surface area contributed by atoms with Gasteiger partial charge in [0, 0.05) is 21.4 Å². The van der Waals surface area contributed by atoms with Crippen molar-refractivity contribution in [2.24, 2.45) is 0 Å². The molecule has 0 spiro atoms. The van der Waals surface area contributed by atoms with Crippen LogP contribution in [0.5, 0.6) is 0 Å². The Balaban J connectivity index is 1.72. The standard InChI is InChI=1S/C15H17BrN2O2/c16-10-1-6-13-9(7-10)8-14(18-13)15(20)17-11-2-4-12(19)5-3-11/h1,6-8,11-12,18-19H,2-5H2,(H,17,20). The van der Waals surface area contributed by atoms with Crippen molar-refractivity contribution in [3.8, 4) is 0 Å². The molecule has 0 atom stereocenters. The second-order valence-corrected chi connectivity index (χ2v) is 6.31. The number of H-pyrrole nitrogens is 1. The van der Waals surface area contributed by atoms with E-state index in [1.165, 1.54) is 0 Å². The fourth-order valence-electron chi connectivity index (χ4n) is 2.71. The number of aromatic amines is 1. The Morgan fingerprint density at radius 3 is 2.75 bits per heavy atom. The molecule has 0 saturated heterocycles. The van der Waals surface area contributed by atoms with E-state index in [1.807, 2.05) is 24.3 Å². The summed E-state index contributed by atoms with van der Waals surface area (Å²) in [4.78, 5) is 15.4. The van der Waals surface area contributed by atoms with Crippen molar-refractivity contribution in [2.75, 3.05) is 0 Å². The summed E-state index contributed by atoms with van der Waals surface area (Å²) in [5, 5.41) is 13.5. The van der Waals surface area contributed by atoms with Crippen LogP contribution >= 0.6 is 15.9 Å². The fourth-order valence-corrected chi connectivity index (χ4v) is 3.09. The molecule has 1 aliphatic rings. The topological polar surface area (TPSA) is 65.1 Å². The first kappa shape index (κ1) is 13.6. The minimum Gasteiger partial charge on any atom is -0.393 e. The molecule has 20 heavy (non-hydrogen) atoms. The molecule has 4 nitrogen and oxygen atoms in total. The molecule has 1 aromatic heterocycles. The molecule has 3 rings (SSSR count). The molecule has 3 N–H and O–H groups in total. The molecular weight excluding hydrogens is 320 g/mol. The fraction of sp³-hybridized carbons (Fsp3) is 0.400. The average molecular weight is 337 g/mol. The number of aromatic nitrogens is 1. The molecule has 106 valence electrons. The Morgan fingerprint density at radius 2 is 2.00 bits per heavy atom. The number of carbonyl (C=O) groups is 1. The van der Waals surface area contributed by atoms with Crippen LogP contribution in [0.3, 0.4) is 0 Å². The van der Waals surface area contributed by atoms with Gasteiger partial charge in [-0.1, -0.05) is 15.9 Å². The van der Waals surface area contributed by atoms with Gasteiger partial charge in [-0.25, -0.2) is 0 Å². The molecule has 1 amide bonds. The van der Waals surface area contributed by atoms with E-state index in [4.69, 9.17) is 0 Å². The second-order valence-electron chi connectivity index (χ2n) is 5.39.